The molecule has 7 N–H and O–H groups in total. The molecule has 206 valence electrons. The predicted molar refractivity (Wildman–Crippen MR) is 128 cm³/mol. The van der Waals surface area contributed by atoms with Crippen LogP contribution >= 0.6 is 0 Å². The maximum atomic E-state index is 8.74. The Kier molecular flexibility index (Phi) is 49.6. The molecule has 0 heterocycles. The molecule has 12 nitrogen and oxygen atoms in total. The van der Waals surface area contributed by atoms with E-state index in [1.165, 1.54) is 64.2 Å². The van der Waals surface area contributed by atoms with E-state index in [-0.39, 0.29) is 45.1 Å². The van der Waals surface area contributed by atoms with Crippen molar-refractivity contribution >= 4 is 10.4 Å². The van der Waals surface area contributed by atoms with Gasteiger partial charge < -0.3 is 20.8 Å². The number of nitrogens with zero attached hydrogens (tertiary/aromatic N) is 1. The summed E-state index contributed by atoms with van der Waals surface area (Å²) in [6.07, 6.45) is 14.4. The van der Waals surface area contributed by atoms with Crippen molar-refractivity contribution in [3.63, 3.8) is 0 Å². The van der Waals surface area contributed by atoms with Crippen molar-refractivity contribution in [1.82, 2.24) is 5.39 Å². The minimum atomic E-state index is -4.67. The fourth-order valence-corrected chi connectivity index (χ4v) is 2.02. The van der Waals surface area contributed by atoms with E-state index >= 15 is 0 Å². The third-order valence-electron chi connectivity index (χ3n) is 3.32. The van der Waals surface area contributed by atoms with Gasteiger partial charge in [0, 0.05) is 0 Å². The van der Waals surface area contributed by atoms with E-state index in [0.29, 0.717) is 5.39 Å². The summed E-state index contributed by atoms with van der Waals surface area (Å²) >= 11 is 0. The molecule has 0 saturated carbocycles. The SMILES string of the molecule is C=C.CCCCCCCCCCCC.O.O=S(=O)(O)O.OCCON(OCCO)OCCO. The minimum Gasteiger partial charge on any atom is -0.412 e. The molecular formula is C20H49NO11S. The molecule has 0 radical (unpaired) electrons. The van der Waals surface area contributed by atoms with Crippen molar-refractivity contribution < 1.29 is 52.8 Å². The average Bonchev–Trinajstić information content (AvgIpc) is 2.76. The monoisotopic (exact) mass is 511 g/mol. The van der Waals surface area contributed by atoms with E-state index in [4.69, 9.17) is 47.4 Å². The zero-order valence-electron chi connectivity index (χ0n) is 20.4. The molecule has 0 aliphatic rings. The molecule has 0 fully saturated rings. The lowest BCUT2D eigenvalue weighted by Gasteiger charge is -2.17. The Morgan fingerprint density at radius 3 is 1.03 bits per heavy atom. The highest BCUT2D eigenvalue weighted by molar-refractivity contribution is 7.79. The first-order valence-corrected chi connectivity index (χ1v) is 12.4. The number of rotatable bonds is 18. The lowest BCUT2D eigenvalue weighted by atomic mass is 10.1. The first-order valence-electron chi connectivity index (χ1n) is 11.0. The third kappa shape index (κ3) is 65.2. The van der Waals surface area contributed by atoms with Gasteiger partial charge >= 0.3 is 10.4 Å². The normalized spacial score (nSPS) is 10.1. The van der Waals surface area contributed by atoms with Gasteiger partial charge in [0.1, 0.15) is 0 Å². The van der Waals surface area contributed by atoms with Gasteiger partial charge in [-0.1, -0.05) is 78.1 Å². The van der Waals surface area contributed by atoms with Crippen LogP contribution in [0.4, 0.5) is 0 Å². The standard InChI is InChI=1S/C12H26.C6H15NO6.C2H4.H2O4S.H2O/c1-3-5-7-9-11-12-10-8-6-4-2;8-1-4-11-7(12-5-2-9)13-6-3-10;1-2;1-5(2,3)4;/h3-12H2,1-2H3;8-10H,1-6H2;1-2H2;(H2,1,2,3,4);1H2. The largest absolute Gasteiger partial charge is 0.412 e. The zero-order chi connectivity index (χ0) is 25.5. The Labute approximate surface area is 199 Å². The Morgan fingerprint density at radius 1 is 0.636 bits per heavy atom. The van der Waals surface area contributed by atoms with Crippen LogP contribution in [-0.4, -0.2) is 83.4 Å². The molecule has 0 aliphatic heterocycles. The molecule has 0 bridgehead atoms. The summed E-state index contributed by atoms with van der Waals surface area (Å²) in [7, 11) is -4.67. The summed E-state index contributed by atoms with van der Waals surface area (Å²) in [5.74, 6) is 0. The highest BCUT2D eigenvalue weighted by atomic mass is 32.3. The highest BCUT2D eigenvalue weighted by Crippen LogP contribution is 2.09. The Morgan fingerprint density at radius 2 is 0.848 bits per heavy atom. The molecule has 0 aliphatic carbocycles. The molecule has 0 amide bonds. The number of hydrogen-bond donors (Lipinski definition) is 5. The van der Waals surface area contributed by atoms with Crippen LogP contribution in [0.2, 0.25) is 0 Å². The van der Waals surface area contributed by atoms with E-state index < -0.39 is 10.4 Å². The van der Waals surface area contributed by atoms with Crippen LogP contribution < -0.4 is 0 Å². The lowest BCUT2D eigenvalue weighted by Crippen LogP contribution is -2.28. The second-order valence-corrected chi connectivity index (χ2v) is 7.07. The van der Waals surface area contributed by atoms with Crippen molar-refractivity contribution in [3.05, 3.63) is 13.2 Å². The average molecular weight is 512 g/mol. The summed E-state index contributed by atoms with van der Waals surface area (Å²) < 4.78 is 31.6. The fourth-order valence-electron chi connectivity index (χ4n) is 2.02. The Bertz CT molecular complexity index is 378. The van der Waals surface area contributed by atoms with Crippen molar-refractivity contribution in [1.29, 1.82) is 0 Å². The van der Waals surface area contributed by atoms with Gasteiger partial charge in [-0.15, -0.1) is 13.2 Å². The van der Waals surface area contributed by atoms with E-state index in [9.17, 15) is 0 Å². The van der Waals surface area contributed by atoms with E-state index in [0.717, 1.165) is 0 Å². The third-order valence-corrected chi connectivity index (χ3v) is 3.32. The van der Waals surface area contributed by atoms with Crippen LogP contribution in [0.5, 0.6) is 0 Å². The first-order chi connectivity index (χ1) is 15.3. The molecule has 13 heteroatoms. The van der Waals surface area contributed by atoms with Gasteiger partial charge in [-0.3, -0.25) is 9.11 Å². The lowest BCUT2D eigenvalue weighted by molar-refractivity contribution is -0.527. The van der Waals surface area contributed by atoms with Gasteiger partial charge in [0.25, 0.3) is 0 Å². The van der Waals surface area contributed by atoms with Gasteiger partial charge in [0.2, 0.25) is 0 Å². The number of hydrogen-bond acceptors (Lipinski definition) is 9. The molecular weight excluding hydrogens is 462 g/mol. The van der Waals surface area contributed by atoms with Crippen molar-refractivity contribution in [2.24, 2.45) is 0 Å². The summed E-state index contributed by atoms with van der Waals surface area (Å²) in [5, 5.41) is 25.9. The molecule has 0 aromatic rings. The predicted octanol–water partition coefficient (Wildman–Crippen LogP) is 2.31. The summed E-state index contributed by atoms with van der Waals surface area (Å²) in [4.78, 5) is 14.1. The molecule has 0 saturated heterocycles. The number of aliphatic hydroxyl groups excluding tert-OH is 3. The molecule has 0 aromatic heterocycles. The van der Waals surface area contributed by atoms with Crippen LogP contribution in [0.3, 0.4) is 0 Å². The van der Waals surface area contributed by atoms with E-state index in [2.05, 4.69) is 27.0 Å². The quantitative estimate of drug-likeness (QED) is 0.0783. The second kappa shape index (κ2) is 38.5. The highest BCUT2D eigenvalue weighted by Gasteiger charge is 2.05. The number of unbranched alkanes of at least 4 members (excludes halogenated alkanes) is 9. The van der Waals surface area contributed by atoms with Crippen LogP contribution in [-0.2, 0) is 24.9 Å². The topological polar surface area (TPSA) is 198 Å². The van der Waals surface area contributed by atoms with Crippen molar-refractivity contribution in [2.45, 2.75) is 78.1 Å². The van der Waals surface area contributed by atoms with E-state index in [1.54, 1.807) is 0 Å². The molecule has 33 heavy (non-hydrogen) atoms. The van der Waals surface area contributed by atoms with Gasteiger partial charge in [0.05, 0.1) is 45.0 Å². The van der Waals surface area contributed by atoms with Gasteiger partial charge in [-0.25, -0.2) is 14.5 Å². The maximum Gasteiger partial charge on any atom is 0.394 e. The van der Waals surface area contributed by atoms with Gasteiger partial charge in [0.15, 0.2) is 0 Å². The number of aliphatic hydroxyl groups is 3. The van der Waals surface area contributed by atoms with Gasteiger partial charge in [-0.2, -0.15) is 8.42 Å². The van der Waals surface area contributed by atoms with Crippen LogP contribution in [0.1, 0.15) is 78.1 Å². The second-order valence-electron chi connectivity index (χ2n) is 6.17. The minimum absolute atomic E-state index is 0. The summed E-state index contributed by atoms with van der Waals surface area (Å²) in [5.41, 5.74) is 0. The molecule has 0 rings (SSSR count). The van der Waals surface area contributed by atoms with Crippen LogP contribution in [0, 0.1) is 0 Å². The zero-order valence-corrected chi connectivity index (χ0v) is 21.2. The molecule has 0 aromatic carbocycles. The molecule has 0 spiro atoms. The molecule has 0 unspecified atom stereocenters. The summed E-state index contributed by atoms with van der Waals surface area (Å²) in [6.45, 7) is 10.1. The van der Waals surface area contributed by atoms with Gasteiger partial charge in [-0.05, 0) is 0 Å². The maximum absolute atomic E-state index is 8.74. The van der Waals surface area contributed by atoms with Crippen LogP contribution in [0.25, 0.3) is 0 Å². The molecule has 0 atom stereocenters. The van der Waals surface area contributed by atoms with Crippen LogP contribution in [0.15, 0.2) is 13.2 Å². The fraction of sp³-hybridized carbons (Fsp3) is 0.900. The Hall–Kier alpha value is -0.710. The summed E-state index contributed by atoms with van der Waals surface area (Å²) in [6, 6.07) is 0. The van der Waals surface area contributed by atoms with E-state index in [1.807, 2.05) is 0 Å². The smallest absolute Gasteiger partial charge is 0.394 e. The van der Waals surface area contributed by atoms with Crippen molar-refractivity contribution in [2.75, 3.05) is 39.6 Å². The van der Waals surface area contributed by atoms with Crippen molar-refractivity contribution in [3.8, 4) is 0 Å². The Balaban J connectivity index is -0.000000121. The first kappa shape index (κ1) is 42.4.